The van der Waals surface area contributed by atoms with Crippen molar-refractivity contribution in [3.8, 4) is 0 Å². The molecule has 0 aliphatic carbocycles. The number of guanidine groups is 1. The fourth-order valence-electron chi connectivity index (χ4n) is 3.29. The molecule has 1 amide bonds. The fraction of sp³-hybridized carbons (Fsp3) is 0.875. The Labute approximate surface area is 156 Å². The van der Waals surface area contributed by atoms with E-state index in [4.69, 9.17) is 4.74 Å². The molecule has 1 spiro atoms. The number of likely N-dealkylation sites (N-methyl/N-ethyl adjacent to an activating group) is 1. The Hall–Kier alpha value is -1.39. The van der Waals surface area contributed by atoms with Crippen LogP contribution in [-0.4, -0.2) is 96.4 Å². The second-order valence-electron chi connectivity index (χ2n) is 7.31. The van der Waals surface area contributed by atoms with E-state index < -0.39 is 10.0 Å². The highest BCUT2D eigenvalue weighted by atomic mass is 32.2. The first-order valence-electron chi connectivity index (χ1n) is 8.97. The first-order valence-corrected chi connectivity index (χ1v) is 10.9. The Morgan fingerprint density at radius 1 is 1.23 bits per heavy atom. The predicted molar refractivity (Wildman–Crippen MR) is 101 cm³/mol. The van der Waals surface area contributed by atoms with Crippen LogP contribution in [0.1, 0.15) is 19.3 Å². The number of rotatable bonds is 6. The Kier molecular flexibility index (Phi) is 7.24. The van der Waals surface area contributed by atoms with E-state index in [1.165, 1.54) is 4.90 Å². The first kappa shape index (κ1) is 20.9. The molecule has 2 fully saturated rings. The molecule has 10 heteroatoms. The molecular formula is C16H31N5O4S. The van der Waals surface area contributed by atoms with Crippen molar-refractivity contribution in [2.24, 2.45) is 10.4 Å². The van der Waals surface area contributed by atoms with Gasteiger partial charge >= 0.3 is 0 Å². The summed E-state index contributed by atoms with van der Waals surface area (Å²) in [5.74, 6) is 0.595. The van der Waals surface area contributed by atoms with E-state index in [0.717, 1.165) is 51.8 Å². The maximum absolute atomic E-state index is 11.9. The molecule has 0 aromatic carbocycles. The molecule has 2 heterocycles. The quantitative estimate of drug-likeness (QED) is 0.346. The van der Waals surface area contributed by atoms with Gasteiger partial charge in [0.25, 0.3) is 0 Å². The molecule has 0 saturated carbocycles. The van der Waals surface area contributed by atoms with Crippen molar-refractivity contribution >= 4 is 21.9 Å². The number of carbonyl (C=O) groups excluding carboxylic acids is 1. The van der Waals surface area contributed by atoms with Crippen molar-refractivity contribution in [2.45, 2.75) is 19.3 Å². The number of amides is 1. The molecular weight excluding hydrogens is 358 g/mol. The predicted octanol–water partition coefficient (Wildman–Crippen LogP) is -0.928. The third-order valence-electron chi connectivity index (χ3n) is 4.93. The van der Waals surface area contributed by atoms with Gasteiger partial charge in [0.15, 0.2) is 5.96 Å². The molecule has 0 aromatic heterocycles. The number of nitrogens with zero attached hydrogens (tertiary/aromatic N) is 3. The summed E-state index contributed by atoms with van der Waals surface area (Å²) in [6.07, 6.45) is 4.31. The molecule has 150 valence electrons. The number of nitrogens with one attached hydrogen (secondary N) is 2. The van der Waals surface area contributed by atoms with E-state index in [1.54, 1.807) is 14.1 Å². The Balaban J connectivity index is 1.98. The van der Waals surface area contributed by atoms with Gasteiger partial charge in [0.2, 0.25) is 15.9 Å². The lowest BCUT2D eigenvalue weighted by Crippen LogP contribution is -2.45. The number of aliphatic imine (C=N–C) groups is 1. The van der Waals surface area contributed by atoms with Crippen LogP contribution < -0.4 is 10.0 Å². The summed E-state index contributed by atoms with van der Waals surface area (Å²) < 4.78 is 30.3. The number of hydrogen-bond acceptors (Lipinski definition) is 5. The van der Waals surface area contributed by atoms with E-state index >= 15 is 0 Å². The van der Waals surface area contributed by atoms with Crippen molar-refractivity contribution in [1.82, 2.24) is 19.8 Å². The lowest BCUT2D eigenvalue weighted by Gasteiger charge is -2.33. The van der Waals surface area contributed by atoms with E-state index in [-0.39, 0.29) is 24.4 Å². The van der Waals surface area contributed by atoms with Crippen LogP contribution in [0.4, 0.5) is 0 Å². The zero-order chi connectivity index (χ0) is 19.2. The molecule has 0 bridgehead atoms. The molecule has 9 nitrogen and oxygen atoms in total. The van der Waals surface area contributed by atoms with Crippen LogP contribution in [0, 0.1) is 5.41 Å². The van der Waals surface area contributed by atoms with E-state index in [9.17, 15) is 13.2 Å². The standard InChI is InChI=1S/C16H31N5O4S/c1-20(2)14(22)12-18-15(17-7-8-19-26(3,23)24)21-9-4-16(13-21)5-10-25-11-6-16/h19H,4-13H2,1-3H3,(H,17,18). The third kappa shape index (κ3) is 6.40. The van der Waals surface area contributed by atoms with Crippen LogP contribution >= 0.6 is 0 Å². The van der Waals surface area contributed by atoms with Crippen LogP contribution in [0.25, 0.3) is 0 Å². The van der Waals surface area contributed by atoms with Gasteiger partial charge < -0.3 is 19.9 Å². The Bertz CT molecular complexity index is 614. The highest BCUT2D eigenvalue weighted by molar-refractivity contribution is 7.88. The molecule has 2 aliphatic heterocycles. The summed E-state index contributed by atoms with van der Waals surface area (Å²) in [6, 6.07) is 0. The smallest absolute Gasteiger partial charge is 0.243 e. The average molecular weight is 390 g/mol. The second-order valence-corrected chi connectivity index (χ2v) is 9.14. The number of sulfonamides is 1. The molecule has 2 rings (SSSR count). The molecule has 26 heavy (non-hydrogen) atoms. The molecule has 0 atom stereocenters. The largest absolute Gasteiger partial charge is 0.381 e. The van der Waals surface area contributed by atoms with Gasteiger partial charge in [-0.25, -0.2) is 18.1 Å². The van der Waals surface area contributed by atoms with Gasteiger partial charge in [-0.2, -0.15) is 0 Å². The molecule has 0 aromatic rings. The minimum Gasteiger partial charge on any atom is -0.381 e. The lowest BCUT2D eigenvalue weighted by molar-refractivity contribution is -0.127. The van der Waals surface area contributed by atoms with Gasteiger partial charge in [-0.05, 0) is 24.7 Å². The minimum atomic E-state index is -3.22. The molecule has 2 saturated heterocycles. The third-order valence-corrected chi connectivity index (χ3v) is 5.66. The minimum absolute atomic E-state index is 0.0708. The summed E-state index contributed by atoms with van der Waals surface area (Å²) in [4.78, 5) is 20.0. The summed E-state index contributed by atoms with van der Waals surface area (Å²) in [5, 5.41) is 3.20. The normalized spacial score (nSPS) is 20.4. The van der Waals surface area contributed by atoms with Gasteiger partial charge in [0, 0.05) is 53.5 Å². The monoisotopic (exact) mass is 389 g/mol. The van der Waals surface area contributed by atoms with Crippen molar-refractivity contribution < 1.29 is 17.9 Å². The number of likely N-dealkylation sites (tertiary alicyclic amines) is 1. The van der Waals surface area contributed by atoms with Crippen LogP contribution in [0.3, 0.4) is 0 Å². The molecule has 2 aliphatic rings. The van der Waals surface area contributed by atoms with Gasteiger partial charge in [-0.1, -0.05) is 0 Å². The maximum Gasteiger partial charge on any atom is 0.243 e. The van der Waals surface area contributed by atoms with Crippen LogP contribution in [0.5, 0.6) is 0 Å². The summed E-state index contributed by atoms with van der Waals surface area (Å²) in [6.45, 7) is 4.11. The SMILES string of the molecule is CN(C)C(=O)CN=C(NCCNS(C)(=O)=O)N1CCC2(CCOCC2)C1. The van der Waals surface area contributed by atoms with Crippen molar-refractivity contribution in [1.29, 1.82) is 0 Å². The van der Waals surface area contributed by atoms with E-state index in [2.05, 4.69) is 19.9 Å². The molecule has 0 unspecified atom stereocenters. The summed E-state index contributed by atoms with van der Waals surface area (Å²) in [5.41, 5.74) is 0.261. The van der Waals surface area contributed by atoms with Crippen molar-refractivity contribution in [3.05, 3.63) is 0 Å². The second kappa shape index (κ2) is 9.01. The summed E-state index contributed by atoms with van der Waals surface area (Å²) in [7, 11) is 0.186. The fourth-order valence-corrected chi connectivity index (χ4v) is 3.76. The van der Waals surface area contributed by atoms with Crippen molar-refractivity contribution in [2.75, 3.05) is 66.3 Å². The zero-order valence-electron chi connectivity index (χ0n) is 16.0. The topological polar surface area (TPSA) is 103 Å². The van der Waals surface area contributed by atoms with Crippen LogP contribution in [0.15, 0.2) is 4.99 Å². The maximum atomic E-state index is 11.9. The number of carbonyl (C=O) groups is 1. The van der Waals surface area contributed by atoms with Gasteiger partial charge in [-0.15, -0.1) is 0 Å². The van der Waals surface area contributed by atoms with Crippen molar-refractivity contribution in [3.63, 3.8) is 0 Å². The highest BCUT2D eigenvalue weighted by Crippen LogP contribution is 2.39. The zero-order valence-corrected chi connectivity index (χ0v) is 16.8. The molecule has 2 N–H and O–H groups in total. The van der Waals surface area contributed by atoms with Crippen LogP contribution in [-0.2, 0) is 19.6 Å². The first-order chi connectivity index (χ1) is 12.2. The number of hydrogen-bond donors (Lipinski definition) is 2. The van der Waals surface area contributed by atoms with Crippen LogP contribution in [0.2, 0.25) is 0 Å². The molecule has 0 radical (unpaired) electrons. The van der Waals surface area contributed by atoms with Gasteiger partial charge in [-0.3, -0.25) is 4.79 Å². The van der Waals surface area contributed by atoms with Gasteiger partial charge in [0.1, 0.15) is 6.54 Å². The Morgan fingerprint density at radius 2 is 1.92 bits per heavy atom. The lowest BCUT2D eigenvalue weighted by atomic mass is 9.80. The highest BCUT2D eigenvalue weighted by Gasteiger charge is 2.40. The summed E-state index contributed by atoms with van der Waals surface area (Å²) >= 11 is 0. The average Bonchev–Trinajstić information content (AvgIpc) is 2.96. The number of ether oxygens (including phenoxy) is 1. The Morgan fingerprint density at radius 3 is 2.54 bits per heavy atom. The van der Waals surface area contributed by atoms with E-state index in [1.807, 2.05) is 0 Å². The van der Waals surface area contributed by atoms with E-state index in [0.29, 0.717) is 12.5 Å². The van der Waals surface area contributed by atoms with Gasteiger partial charge in [0.05, 0.1) is 6.26 Å².